The second-order valence-corrected chi connectivity index (χ2v) is 16.8. The average Bonchev–Trinajstić information content (AvgIpc) is 3.73. The van der Waals surface area contributed by atoms with E-state index in [0.29, 0.717) is 0 Å². The van der Waals surface area contributed by atoms with Gasteiger partial charge in [-0.15, -0.1) is 0 Å². The number of hydrogen-bond donors (Lipinski definition) is 0. The predicted molar refractivity (Wildman–Crippen MR) is 247 cm³/mol. The first-order valence-electron chi connectivity index (χ1n) is 20.9. The highest BCUT2D eigenvalue weighted by atomic mass is 15.2. The molecular weight excluding hydrogens is 711 g/mol. The van der Waals surface area contributed by atoms with Crippen LogP contribution in [0.25, 0.3) is 39.0 Å². The van der Waals surface area contributed by atoms with Crippen LogP contribution in [-0.2, 0) is 10.8 Å². The number of fused-ring (bicyclic) bond motifs is 6. The van der Waals surface area contributed by atoms with E-state index in [2.05, 4.69) is 237 Å². The zero-order valence-electron chi connectivity index (χ0n) is 33.5. The van der Waals surface area contributed by atoms with Crippen molar-refractivity contribution in [2.24, 2.45) is 0 Å². The summed E-state index contributed by atoms with van der Waals surface area (Å²) in [5, 5.41) is 0. The molecule has 0 saturated carbocycles. The van der Waals surface area contributed by atoms with E-state index in [-0.39, 0.29) is 11.5 Å². The van der Waals surface area contributed by atoms with Crippen molar-refractivity contribution in [1.82, 2.24) is 0 Å². The molecular formula is C58H45N. The van der Waals surface area contributed by atoms with E-state index in [0.717, 1.165) is 6.42 Å². The number of benzene rings is 8. The lowest BCUT2D eigenvalue weighted by Gasteiger charge is -2.36. The maximum absolute atomic E-state index is 2.58. The first-order chi connectivity index (χ1) is 29.0. The molecule has 3 aliphatic rings. The largest absolute Gasteiger partial charge is 0.334 e. The van der Waals surface area contributed by atoms with Gasteiger partial charge in [0, 0.05) is 16.8 Å². The van der Waals surface area contributed by atoms with Crippen LogP contribution >= 0.6 is 0 Å². The molecule has 1 atom stereocenters. The molecule has 8 aromatic carbocycles. The van der Waals surface area contributed by atoms with E-state index < -0.39 is 5.41 Å². The highest BCUT2D eigenvalue weighted by Crippen LogP contribution is 2.58. The molecule has 8 aromatic rings. The smallest absolute Gasteiger partial charge is 0.0713 e. The summed E-state index contributed by atoms with van der Waals surface area (Å²) >= 11 is 0. The zero-order chi connectivity index (χ0) is 39.6. The van der Waals surface area contributed by atoms with Crippen molar-refractivity contribution in [2.45, 2.75) is 37.1 Å². The molecule has 0 aromatic heterocycles. The third-order valence-electron chi connectivity index (χ3n) is 13.3. The molecule has 0 bridgehead atoms. The van der Waals surface area contributed by atoms with Gasteiger partial charge in [0.05, 0.1) is 11.5 Å². The SMILES string of the molecule is CC1(C)c2ccccc2-c2ccc(N(c3ccc(-c4ccccc4)cc3)C3C=CC=C(c4cccc5c4-c4ccccc4C5(c4ccccc4)c4ccccc4)C3)cc21. The molecule has 1 unspecified atom stereocenters. The van der Waals surface area contributed by atoms with Crippen molar-refractivity contribution in [1.29, 1.82) is 0 Å². The summed E-state index contributed by atoms with van der Waals surface area (Å²) in [5.74, 6) is 0. The van der Waals surface area contributed by atoms with Crippen LogP contribution in [-0.4, -0.2) is 6.04 Å². The lowest BCUT2D eigenvalue weighted by Crippen LogP contribution is -2.31. The van der Waals surface area contributed by atoms with Gasteiger partial charge in [0.2, 0.25) is 0 Å². The number of rotatable bonds is 7. The third kappa shape index (κ3) is 5.45. The number of allylic oxidation sites excluding steroid dienone is 2. The van der Waals surface area contributed by atoms with Crippen molar-refractivity contribution in [3.8, 4) is 33.4 Å². The molecule has 0 amide bonds. The molecule has 0 spiro atoms. The van der Waals surface area contributed by atoms with E-state index in [1.165, 1.54) is 89.3 Å². The fourth-order valence-electron chi connectivity index (χ4n) is 10.6. The summed E-state index contributed by atoms with van der Waals surface area (Å²) in [4.78, 5) is 2.58. The van der Waals surface area contributed by atoms with E-state index >= 15 is 0 Å². The van der Waals surface area contributed by atoms with Crippen LogP contribution in [0, 0.1) is 0 Å². The van der Waals surface area contributed by atoms with Crippen molar-refractivity contribution in [3.05, 3.63) is 257 Å². The zero-order valence-corrected chi connectivity index (χ0v) is 33.5. The Morgan fingerprint density at radius 3 is 1.69 bits per heavy atom. The number of hydrogen-bond acceptors (Lipinski definition) is 1. The van der Waals surface area contributed by atoms with E-state index in [1.54, 1.807) is 0 Å². The van der Waals surface area contributed by atoms with Gasteiger partial charge in [-0.2, -0.15) is 0 Å². The van der Waals surface area contributed by atoms with Gasteiger partial charge in [0.1, 0.15) is 0 Å². The Labute approximate surface area is 348 Å². The molecule has 0 fully saturated rings. The number of anilines is 2. The Balaban J connectivity index is 1.05. The van der Waals surface area contributed by atoms with Crippen LogP contribution in [0.1, 0.15) is 59.2 Å². The molecule has 1 heteroatoms. The van der Waals surface area contributed by atoms with Crippen LogP contribution in [0.3, 0.4) is 0 Å². The van der Waals surface area contributed by atoms with E-state index in [9.17, 15) is 0 Å². The van der Waals surface area contributed by atoms with E-state index in [1.807, 2.05) is 0 Å². The standard InChI is InChI=1S/C58H45N/c1-57(2)52-29-14-12-26-49(52)50-37-36-47(39-55(50)57)59(45-34-32-41(33-35-45)40-18-6-3-7-19-40)46-25-16-20-42(38-46)48-28-17-31-54-56(48)51-27-13-15-30-53(51)58(54,43-21-8-4-9-22-43)44-23-10-5-11-24-44/h3-37,39,46H,38H2,1-2H3. The molecule has 11 rings (SSSR count). The molecule has 1 nitrogen and oxygen atoms in total. The first-order valence-corrected chi connectivity index (χ1v) is 20.9. The summed E-state index contributed by atoms with van der Waals surface area (Å²) in [5.41, 5.74) is 20.3. The van der Waals surface area contributed by atoms with E-state index in [4.69, 9.17) is 0 Å². The van der Waals surface area contributed by atoms with Gasteiger partial charge in [-0.3, -0.25) is 0 Å². The van der Waals surface area contributed by atoms with Gasteiger partial charge in [0.25, 0.3) is 0 Å². The van der Waals surface area contributed by atoms with Crippen molar-refractivity contribution in [3.63, 3.8) is 0 Å². The Hall–Kier alpha value is -6.96. The van der Waals surface area contributed by atoms with Crippen LogP contribution < -0.4 is 4.90 Å². The molecule has 0 N–H and O–H groups in total. The lowest BCUT2D eigenvalue weighted by molar-refractivity contribution is 0.659. The van der Waals surface area contributed by atoms with Gasteiger partial charge >= 0.3 is 0 Å². The molecule has 0 heterocycles. The maximum atomic E-state index is 2.58. The minimum Gasteiger partial charge on any atom is -0.334 e. The highest BCUT2D eigenvalue weighted by molar-refractivity contribution is 5.94. The summed E-state index contributed by atoms with van der Waals surface area (Å²) < 4.78 is 0. The summed E-state index contributed by atoms with van der Waals surface area (Å²) in [7, 11) is 0. The van der Waals surface area contributed by atoms with Gasteiger partial charge in [-0.05, 0) is 109 Å². The summed E-state index contributed by atoms with van der Waals surface area (Å²) in [6.07, 6.45) is 7.92. The summed E-state index contributed by atoms with van der Waals surface area (Å²) in [6.45, 7) is 4.75. The Bertz CT molecular complexity index is 2880. The van der Waals surface area contributed by atoms with Gasteiger partial charge in [-0.25, -0.2) is 0 Å². The van der Waals surface area contributed by atoms with Crippen LogP contribution in [0.15, 0.2) is 218 Å². The number of nitrogens with zero attached hydrogens (tertiary/aromatic N) is 1. The fourth-order valence-corrected chi connectivity index (χ4v) is 10.6. The minimum absolute atomic E-state index is 0.0861. The van der Waals surface area contributed by atoms with Crippen LogP contribution in [0.4, 0.5) is 11.4 Å². The molecule has 282 valence electrons. The lowest BCUT2D eigenvalue weighted by atomic mass is 9.67. The molecule has 0 aliphatic heterocycles. The summed E-state index contributed by atoms with van der Waals surface area (Å²) in [6, 6.07) is 74.4. The third-order valence-corrected chi connectivity index (χ3v) is 13.3. The van der Waals surface area contributed by atoms with Gasteiger partial charge in [-0.1, -0.05) is 208 Å². The molecule has 0 radical (unpaired) electrons. The highest BCUT2D eigenvalue weighted by Gasteiger charge is 2.47. The average molecular weight is 756 g/mol. The monoisotopic (exact) mass is 755 g/mol. The first kappa shape index (κ1) is 35.2. The van der Waals surface area contributed by atoms with Crippen molar-refractivity contribution >= 4 is 16.9 Å². The molecule has 3 aliphatic carbocycles. The minimum atomic E-state index is -0.434. The Kier molecular flexibility index (Phi) is 8.27. The van der Waals surface area contributed by atoms with Crippen LogP contribution in [0.5, 0.6) is 0 Å². The second-order valence-electron chi connectivity index (χ2n) is 16.8. The van der Waals surface area contributed by atoms with Gasteiger partial charge < -0.3 is 4.90 Å². The topological polar surface area (TPSA) is 3.24 Å². The van der Waals surface area contributed by atoms with Crippen LogP contribution in [0.2, 0.25) is 0 Å². The van der Waals surface area contributed by atoms with Crippen molar-refractivity contribution < 1.29 is 0 Å². The second kappa shape index (κ2) is 13.9. The fraction of sp³-hybridized carbons (Fsp3) is 0.103. The normalized spacial score (nSPS) is 16.4. The Morgan fingerprint density at radius 1 is 0.441 bits per heavy atom. The Morgan fingerprint density at radius 2 is 0.983 bits per heavy atom. The predicted octanol–water partition coefficient (Wildman–Crippen LogP) is 14.6. The molecule has 59 heavy (non-hydrogen) atoms. The van der Waals surface area contributed by atoms with Crippen molar-refractivity contribution in [2.75, 3.05) is 4.90 Å². The maximum Gasteiger partial charge on any atom is 0.0713 e. The molecule has 0 saturated heterocycles. The van der Waals surface area contributed by atoms with Gasteiger partial charge in [0.15, 0.2) is 0 Å². The quantitative estimate of drug-likeness (QED) is 0.157.